The Balaban J connectivity index is 2.46. The molecule has 1 aliphatic carbocycles. The van der Waals surface area contributed by atoms with Crippen molar-refractivity contribution in [2.75, 3.05) is 0 Å². The fraction of sp³-hybridized carbons (Fsp3) is 0.500. The lowest BCUT2D eigenvalue weighted by Gasteiger charge is -2.28. The van der Waals surface area contributed by atoms with Gasteiger partial charge in [0.05, 0.1) is 0 Å². The molecular weight excluding hydrogens is 357 g/mol. The van der Waals surface area contributed by atoms with Crippen LogP contribution in [0.15, 0.2) is 30.3 Å². The zero-order valence-corrected chi connectivity index (χ0v) is 15.8. The molecule has 3 nitrogen and oxygen atoms in total. The number of allylic oxidation sites excluding steroid dienone is 2. The molecule has 0 fully saturated rings. The fourth-order valence-electron chi connectivity index (χ4n) is 3.00. The zero-order valence-electron chi connectivity index (χ0n) is 14.0. The first kappa shape index (κ1) is 19.2. The Kier molecular flexibility index (Phi) is 5.05. The largest absolute Gasteiger partial charge is 0.522 e. The van der Waals surface area contributed by atoms with E-state index in [4.69, 9.17) is 3.87 Å². The predicted molar refractivity (Wildman–Crippen MR) is 90.2 cm³/mol. The Hall–Kier alpha value is -1.12. The molecule has 0 saturated heterocycles. The number of halogens is 3. The van der Waals surface area contributed by atoms with Crippen molar-refractivity contribution in [3.05, 3.63) is 41.5 Å². The van der Waals surface area contributed by atoms with Crippen molar-refractivity contribution in [1.82, 2.24) is 0 Å². The summed E-state index contributed by atoms with van der Waals surface area (Å²) in [6, 6.07) is 7.45. The number of rotatable bonds is 5. The normalized spacial score (nSPS) is 19.8. The number of benzene rings is 1. The lowest BCUT2D eigenvalue weighted by atomic mass is 9.93. The van der Waals surface area contributed by atoms with Crippen LogP contribution in [0.4, 0.5) is 13.2 Å². The minimum Gasteiger partial charge on any atom is -0.307 e. The van der Waals surface area contributed by atoms with E-state index in [1.807, 2.05) is 44.2 Å². The Morgan fingerprint density at radius 1 is 1.25 bits per heavy atom. The zero-order chi connectivity index (χ0) is 18.3. The van der Waals surface area contributed by atoms with E-state index in [-0.39, 0.29) is 5.92 Å². The van der Waals surface area contributed by atoms with Crippen molar-refractivity contribution in [2.24, 2.45) is 5.92 Å². The average molecular weight is 378 g/mol. The molecule has 0 heterocycles. The second kappa shape index (κ2) is 6.31. The smallest absolute Gasteiger partial charge is 0.307 e. The summed E-state index contributed by atoms with van der Waals surface area (Å²) in [7, 11) is -8.86. The van der Waals surface area contributed by atoms with Gasteiger partial charge >= 0.3 is 15.6 Å². The van der Waals surface area contributed by atoms with Crippen LogP contribution in [-0.2, 0) is 14.0 Å². The van der Waals surface area contributed by atoms with E-state index in [1.165, 1.54) is 13.1 Å². The lowest BCUT2D eigenvalue weighted by molar-refractivity contribution is -0.0504. The van der Waals surface area contributed by atoms with Crippen molar-refractivity contribution >= 4 is 24.0 Å². The van der Waals surface area contributed by atoms with E-state index in [0.717, 1.165) is 23.1 Å². The molecular formula is C16H21F3O3SSi. The number of hydrogen-bond donors (Lipinski definition) is 0. The van der Waals surface area contributed by atoms with E-state index >= 15 is 0 Å². The van der Waals surface area contributed by atoms with Gasteiger partial charge < -0.3 is 3.87 Å². The first-order valence-corrected chi connectivity index (χ1v) is 12.1. The fourth-order valence-corrected chi connectivity index (χ4v) is 7.63. The maximum Gasteiger partial charge on any atom is 0.522 e. The third-order valence-electron chi connectivity index (χ3n) is 4.45. The maximum atomic E-state index is 12.7. The molecule has 2 rings (SSSR count). The second-order valence-corrected chi connectivity index (χ2v) is 12.4. The third-order valence-corrected chi connectivity index (χ3v) is 9.59. The third kappa shape index (κ3) is 3.45. The van der Waals surface area contributed by atoms with Crippen LogP contribution in [0.25, 0.3) is 5.57 Å². The van der Waals surface area contributed by atoms with E-state index in [2.05, 4.69) is 0 Å². The molecule has 0 saturated carbocycles. The number of fused-ring (bicyclic) bond motifs is 1. The van der Waals surface area contributed by atoms with Gasteiger partial charge in [-0.1, -0.05) is 44.2 Å². The van der Waals surface area contributed by atoms with Crippen molar-refractivity contribution < 1.29 is 25.5 Å². The van der Waals surface area contributed by atoms with Crippen LogP contribution in [0.5, 0.6) is 0 Å². The highest BCUT2D eigenvalue weighted by Gasteiger charge is 2.52. The molecule has 0 N–H and O–H groups in total. The van der Waals surface area contributed by atoms with Gasteiger partial charge in [-0.05, 0) is 42.1 Å². The van der Waals surface area contributed by atoms with Crippen LogP contribution >= 0.6 is 0 Å². The van der Waals surface area contributed by atoms with Crippen molar-refractivity contribution in [1.29, 1.82) is 0 Å². The van der Waals surface area contributed by atoms with Crippen LogP contribution in [0.1, 0.15) is 36.9 Å². The highest BCUT2D eigenvalue weighted by molar-refractivity contribution is 7.88. The maximum absolute atomic E-state index is 12.7. The van der Waals surface area contributed by atoms with E-state index in [9.17, 15) is 21.6 Å². The van der Waals surface area contributed by atoms with Gasteiger partial charge in [-0.2, -0.15) is 21.6 Å². The molecule has 2 unspecified atom stereocenters. The van der Waals surface area contributed by atoms with Gasteiger partial charge in [0.2, 0.25) is 8.32 Å². The molecule has 0 radical (unpaired) electrons. The van der Waals surface area contributed by atoms with Gasteiger partial charge in [-0.15, -0.1) is 0 Å². The van der Waals surface area contributed by atoms with Crippen molar-refractivity contribution in [3.63, 3.8) is 0 Å². The van der Waals surface area contributed by atoms with Crippen LogP contribution in [0.2, 0.25) is 13.1 Å². The van der Waals surface area contributed by atoms with Crippen LogP contribution < -0.4 is 0 Å². The highest BCUT2D eigenvalue weighted by Crippen LogP contribution is 2.45. The molecule has 0 aliphatic heterocycles. The van der Waals surface area contributed by atoms with Crippen molar-refractivity contribution in [2.45, 2.75) is 44.4 Å². The summed E-state index contributed by atoms with van der Waals surface area (Å²) in [5.41, 5.74) is -2.97. The van der Waals surface area contributed by atoms with E-state index < -0.39 is 29.5 Å². The summed E-state index contributed by atoms with van der Waals surface area (Å²) < 4.78 is 65.8. The minimum absolute atomic E-state index is 0.236. The summed E-state index contributed by atoms with van der Waals surface area (Å²) in [5.74, 6) is 0.236. The summed E-state index contributed by atoms with van der Waals surface area (Å²) in [6.07, 6.45) is 2.79. The van der Waals surface area contributed by atoms with Crippen LogP contribution in [0.3, 0.4) is 0 Å². The molecule has 0 spiro atoms. The number of hydrogen-bond acceptors (Lipinski definition) is 3. The predicted octanol–water partition coefficient (Wildman–Crippen LogP) is 4.82. The topological polar surface area (TPSA) is 43.4 Å². The Morgan fingerprint density at radius 3 is 2.38 bits per heavy atom. The molecule has 1 aromatic rings. The summed E-state index contributed by atoms with van der Waals surface area (Å²) in [4.78, 5) is 0. The van der Waals surface area contributed by atoms with Gasteiger partial charge in [0, 0.05) is 5.54 Å². The highest BCUT2D eigenvalue weighted by atomic mass is 32.2. The summed E-state index contributed by atoms with van der Waals surface area (Å²) in [5, 5.41) is 0. The monoisotopic (exact) mass is 378 g/mol. The first-order chi connectivity index (χ1) is 10.9. The molecule has 8 heteroatoms. The minimum atomic E-state index is -5.61. The SMILES string of the molecule is CCC(C)C1=CC([Si](C)(C)OS(=O)(=O)C(F)(F)F)c2ccccc21. The molecule has 0 bridgehead atoms. The number of alkyl halides is 3. The Morgan fingerprint density at radius 2 is 1.83 bits per heavy atom. The molecule has 1 aromatic carbocycles. The Bertz CT molecular complexity index is 754. The van der Waals surface area contributed by atoms with Gasteiger partial charge in [-0.3, -0.25) is 0 Å². The Labute approximate surface area is 141 Å². The molecule has 1 aliphatic rings. The molecule has 0 aromatic heterocycles. The summed E-state index contributed by atoms with van der Waals surface area (Å²) in [6.45, 7) is 7.10. The molecule has 134 valence electrons. The molecule has 24 heavy (non-hydrogen) atoms. The van der Waals surface area contributed by atoms with Gasteiger partial charge in [0.1, 0.15) is 0 Å². The first-order valence-electron chi connectivity index (χ1n) is 7.73. The van der Waals surface area contributed by atoms with E-state index in [1.54, 1.807) is 0 Å². The van der Waals surface area contributed by atoms with Crippen LogP contribution in [-0.4, -0.2) is 22.2 Å². The van der Waals surface area contributed by atoms with Gasteiger partial charge in [0.15, 0.2) is 0 Å². The van der Waals surface area contributed by atoms with Crippen molar-refractivity contribution in [3.8, 4) is 0 Å². The second-order valence-electron chi connectivity index (χ2n) is 6.58. The average Bonchev–Trinajstić information content (AvgIpc) is 2.84. The van der Waals surface area contributed by atoms with Gasteiger partial charge in [-0.25, -0.2) is 0 Å². The molecule has 2 atom stereocenters. The van der Waals surface area contributed by atoms with Crippen LogP contribution in [0, 0.1) is 5.92 Å². The summed E-state index contributed by atoms with van der Waals surface area (Å²) >= 11 is 0. The lowest BCUT2D eigenvalue weighted by Crippen LogP contribution is -2.43. The standard InChI is InChI=1S/C16H21F3O3SSi/c1-5-11(2)14-10-15(13-9-7-6-8-12(13)14)24(3,4)22-23(20,21)16(17,18)19/h6-11,15H,5H2,1-4H3. The molecule has 0 amide bonds. The van der Waals surface area contributed by atoms with E-state index in [0.29, 0.717) is 0 Å². The quantitative estimate of drug-likeness (QED) is 0.545. The van der Waals surface area contributed by atoms with Gasteiger partial charge in [0.25, 0.3) is 0 Å².